The van der Waals surface area contributed by atoms with E-state index in [1.165, 1.54) is 23.5 Å². The SMILES string of the molecule is Cc1c(C(=O)N2CCCC(N3CCNCC3=O)C2)sc2ccc(F)cc12.Cl. The van der Waals surface area contributed by atoms with E-state index in [1.807, 2.05) is 16.7 Å². The number of carbonyl (C=O) groups is 2. The zero-order valence-electron chi connectivity index (χ0n) is 15.2. The van der Waals surface area contributed by atoms with Crippen molar-refractivity contribution in [2.45, 2.75) is 25.8 Å². The Labute approximate surface area is 167 Å². The molecule has 1 N–H and O–H groups in total. The molecule has 2 aliphatic rings. The van der Waals surface area contributed by atoms with Crippen molar-refractivity contribution >= 4 is 45.6 Å². The highest BCUT2D eigenvalue weighted by Crippen LogP contribution is 2.33. The van der Waals surface area contributed by atoms with Crippen LogP contribution in [0.4, 0.5) is 4.39 Å². The summed E-state index contributed by atoms with van der Waals surface area (Å²) in [6, 6.07) is 4.75. The Hall–Kier alpha value is -1.70. The van der Waals surface area contributed by atoms with Crippen LogP contribution in [0.25, 0.3) is 10.1 Å². The standard InChI is InChI=1S/C19H22FN3O2S.ClH/c1-12-15-9-13(20)4-5-16(15)26-18(12)19(25)22-7-2-3-14(11-22)23-8-6-21-10-17(23)24;/h4-5,9,14,21H,2-3,6-8,10-11H2,1H3;1H. The number of hydrogen-bond acceptors (Lipinski definition) is 4. The number of nitrogens with one attached hydrogen (secondary N) is 1. The molecule has 2 amide bonds. The van der Waals surface area contributed by atoms with Gasteiger partial charge in [0.1, 0.15) is 5.82 Å². The van der Waals surface area contributed by atoms with E-state index in [9.17, 15) is 14.0 Å². The summed E-state index contributed by atoms with van der Waals surface area (Å²) in [5.74, 6) is -0.173. The second-order valence-corrected chi connectivity index (χ2v) is 8.06. The lowest BCUT2D eigenvalue weighted by atomic mass is 10.0. The summed E-state index contributed by atoms with van der Waals surface area (Å²) in [4.78, 5) is 29.7. The molecule has 2 aromatic rings. The summed E-state index contributed by atoms with van der Waals surface area (Å²) in [6.45, 7) is 5.05. The molecular weight excluding hydrogens is 389 g/mol. The van der Waals surface area contributed by atoms with Gasteiger partial charge in [-0.25, -0.2) is 4.39 Å². The number of benzene rings is 1. The van der Waals surface area contributed by atoms with Crippen LogP contribution in [0.15, 0.2) is 18.2 Å². The van der Waals surface area contributed by atoms with Crippen LogP contribution in [0.2, 0.25) is 0 Å². The lowest BCUT2D eigenvalue weighted by molar-refractivity contribution is -0.135. The number of fused-ring (bicyclic) bond motifs is 1. The molecule has 1 aromatic heterocycles. The third kappa shape index (κ3) is 3.81. The molecule has 8 heteroatoms. The smallest absolute Gasteiger partial charge is 0.264 e. The molecule has 0 spiro atoms. The largest absolute Gasteiger partial charge is 0.336 e. The third-order valence-corrected chi connectivity index (χ3v) is 6.60. The van der Waals surface area contributed by atoms with E-state index in [4.69, 9.17) is 0 Å². The van der Waals surface area contributed by atoms with Crippen molar-refractivity contribution < 1.29 is 14.0 Å². The Morgan fingerprint density at radius 1 is 1.33 bits per heavy atom. The number of piperidine rings is 1. The molecule has 1 aromatic carbocycles. The summed E-state index contributed by atoms with van der Waals surface area (Å²) in [5.41, 5.74) is 0.842. The quantitative estimate of drug-likeness (QED) is 0.826. The lowest BCUT2D eigenvalue weighted by Crippen LogP contribution is -2.57. The number of hydrogen-bond donors (Lipinski definition) is 1. The number of rotatable bonds is 2. The van der Waals surface area contributed by atoms with Crippen molar-refractivity contribution in [3.63, 3.8) is 0 Å². The van der Waals surface area contributed by atoms with E-state index < -0.39 is 0 Å². The van der Waals surface area contributed by atoms with Gasteiger partial charge in [0.25, 0.3) is 5.91 Å². The predicted molar refractivity (Wildman–Crippen MR) is 107 cm³/mol. The Balaban J connectivity index is 0.00000210. The molecule has 2 fully saturated rings. The highest BCUT2D eigenvalue weighted by molar-refractivity contribution is 7.21. The Bertz CT molecular complexity index is 872. The Morgan fingerprint density at radius 3 is 2.93 bits per heavy atom. The van der Waals surface area contributed by atoms with Crippen LogP contribution in [0.5, 0.6) is 0 Å². The number of amides is 2. The van der Waals surface area contributed by atoms with Crippen LogP contribution in [-0.4, -0.2) is 60.4 Å². The van der Waals surface area contributed by atoms with E-state index in [2.05, 4.69) is 5.32 Å². The number of thiophene rings is 1. The van der Waals surface area contributed by atoms with Crippen molar-refractivity contribution in [3.8, 4) is 0 Å². The molecule has 146 valence electrons. The molecule has 2 aliphatic heterocycles. The van der Waals surface area contributed by atoms with Crippen molar-refractivity contribution in [2.75, 3.05) is 32.7 Å². The molecule has 5 nitrogen and oxygen atoms in total. The third-order valence-electron chi connectivity index (χ3n) is 5.34. The highest BCUT2D eigenvalue weighted by atomic mass is 35.5. The van der Waals surface area contributed by atoms with Crippen LogP contribution in [0.3, 0.4) is 0 Å². The Kier molecular flexibility index (Phi) is 6.03. The van der Waals surface area contributed by atoms with E-state index in [0.29, 0.717) is 31.1 Å². The average Bonchev–Trinajstić information content (AvgIpc) is 2.98. The van der Waals surface area contributed by atoms with E-state index in [-0.39, 0.29) is 36.1 Å². The fourth-order valence-corrected chi connectivity index (χ4v) is 5.10. The van der Waals surface area contributed by atoms with Gasteiger partial charge in [-0.2, -0.15) is 0 Å². The molecule has 0 bridgehead atoms. The molecule has 27 heavy (non-hydrogen) atoms. The number of aryl methyl sites for hydroxylation is 1. The topological polar surface area (TPSA) is 52.7 Å². The van der Waals surface area contributed by atoms with E-state index in [1.54, 1.807) is 6.07 Å². The fourth-order valence-electron chi connectivity index (χ4n) is 3.94. The number of halogens is 2. The van der Waals surface area contributed by atoms with Gasteiger partial charge in [-0.15, -0.1) is 23.7 Å². The molecule has 4 rings (SSSR count). The zero-order chi connectivity index (χ0) is 18.3. The minimum Gasteiger partial charge on any atom is -0.336 e. The van der Waals surface area contributed by atoms with Crippen LogP contribution in [0.1, 0.15) is 28.1 Å². The van der Waals surface area contributed by atoms with Crippen LogP contribution in [0, 0.1) is 12.7 Å². The average molecular weight is 412 g/mol. The van der Waals surface area contributed by atoms with Crippen LogP contribution < -0.4 is 5.32 Å². The van der Waals surface area contributed by atoms with Crippen LogP contribution in [-0.2, 0) is 4.79 Å². The zero-order valence-corrected chi connectivity index (χ0v) is 16.8. The number of piperazine rings is 1. The van der Waals surface area contributed by atoms with Gasteiger partial charge in [0, 0.05) is 36.9 Å². The first-order chi connectivity index (χ1) is 12.5. The molecule has 1 unspecified atom stereocenters. The molecule has 0 aliphatic carbocycles. The molecule has 0 saturated carbocycles. The van der Waals surface area contributed by atoms with Gasteiger partial charge >= 0.3 is 0 Å². The minimum absolute atomic E-state index is 0. The molecule has 0 radical (unpaired) electrons. The monoisotopic (exact) mass is 411 g/mol. The fraction of sp³-hybridized carbons (Fsp3) is 0.474. The first kappa shape index (κ1) is 20.0. The van der Waals surface area contributed by atoms with E-state index >= 15 is 0 Å². The molecular formula is C19H23ClFN3O2S. The minimum atomic E-state index is -0.285. The lowest BCUT2D eigenvalue weighted by Gasteiger charge is -2.41. The van der Waals surface area contributed by atoms with Gasteiger partial charge < -0.3 is 15.1 Å². The second-order valence-electron chi connectivity index (χ2n) is 7.01. The summed E-state index contributed by atoms with van der Waals surface area (Å²) in [7, 11) is 0. The molecule has 1 atom stereocenters. The first-order valence-corrected chi connectivity index (χ1v) is 9.84. The van der Waals surface area contributed by atoms with Gasteiger partial charge in [0.05, 0.1) is 11.4 Å². The molecule has 2 saturated heterocycles. The summed E-state index contributed by atoms with van der Waals surface area (Å²) >= 11 is 1.42. The summed E-state index contributed by atoms with van der Waals surface area (Å²) in [5, 5.41) is 3.90. The summed E-state index contributed by atoms with van der Waals surface area (Å²) < 4.78 is 14.5. The van der Waals surface area contributed by atoms with Crippen molar-refractivity contribution in [1.82, 2.24) is 15.1 Å². The van der Waals surface area contributed by atoms with E-state index in [0.717, 1.165) is 35.0 Å². The Morgan fingerprint density at radius 2 is 2.15 bits per heavy atom. The number of nitrogens with zero attached hydrogens (tertiary/aromatic N) is 2. The predicted octanol–water partition coefficient (Wildman–Crippen LogP) is 2.81. The maximum atomic E-state index is 13.5. The van der Waals surface area contributed by atoms with Crippen LogP contribution >= 0.6 is 23.7 Å². The highest BCUT2D eigenvalue weighted by Gasteiger charge is 2.32. The van der Waals surface area contributed by atoms with Crippen molar-refractivity contribution in [3.05, 3.63) is 34.5 Å². The first-order valence-electron chi connectivity index (χ1n) is 9.02. The number of likely N-dealkylation sites (tertiary alicyclic amines) is 1. The normalized spacial score (nSPS) is 20.7. The molecule has 3 heterocycles. The summed E-state index contributed by atoms with van der Waals surface area (Å²) in [6.07, 6.45) is 1.83. The second kappa shape index (κ2) is 8.12. The van der Waals surface area contributed by atoms with Gasteiger partial charge in [-0.05, 0) is 48.9 Å². The maximum Gasteiger partial charge on any atom is 0.264 e. The van der Waals surface area contributed by atoms with Gasteiger partial charge in [0.2, 0.25) is 5.91 Å². The van der Waals surface area contributed by atoms with Crippen molar-refractivity contribution in [2.24, 2.45) is 0 Å². The van der Waals surface area contributed by atoms with Gasteiger partial charge in [-0.3, -0.25) is 9.59 Å². The van der Waals surface area contributed by atoms with Crippen molar-refractivity contribution in [1.29, 1.82) is 0 Å². The maximum absolute atomic E-state index is 13.5. The number of carbonyl (C=O) groups excluding carboxylic acids is 2. The van der Waals surface area contributed by atoms with Gasteiger partial charge in [-0.1, -0.05) is 0 Å². The van der Waals surface area contributed by atoms with Gasteiger partial charge in [0.15, 0.2) is 0 Å².